The zero-order chi connectivity index (χ0) is 16.1. The summed E-state index contributed by atoms with van der Waals surface area (Å²) in [6, 6.07) is 16.3. The molecule has 1 N–H and O–H groups in total. The highest BCUT2D eigenvalue weighted by molar-refractivity contribution is 6.42. The average molecular weight is 334 g/mol. The molecule has 2 rings (SSSR count). The van der Waals surface area contributed by atoms with Crippen molar-refractivity contribution in [3.8, 4) is 6.07 Å². The summed E-state index contributed by atoms with van der Waals surface area (Å²) in [4.78, 5) is 11.2. The molecule has 0 spiro atoms. The van der Waals surface area contributed by atoms with Crippen molar-refractivity contribution in [1.82, 2.24) is 0 Å². The summed E-state index contributed by atoms with van der Waals surface area (Å²) in [7, 11) is 0. The molecule has 2 aromatic rings. The number of hydrogen-bond acceptors (Lipinski definition) is 2. The second-order valence-corrected chi connectivity index (χ2v) is 5.71. The molecule has 5 heteroatoms. The molecular weight excluding hydrogens is 321 g/mol. The van der Waals surface area contributed by atoms with E-state index in [-0.39, 0.29) is 6.42 Å². The van der Waals surface area contributed by atoms with E-state index in [1.54, 1.807) is 18.2 Å². The molecule has 0 bridgehead atoms. The monoisotopic (exact) mass is 333 g/mol. The van der Waals surface area contributed by atoms with Gasteiger partial charge in [-0.1, -0.05) is 59.6 Å². The van der Waals surface area contributed by atoms with Gasteiger partial charge in [-0.15, -0.1) is 0 Å². The number of aliphatic carboxylic acids is 1. The molecule has 0 aliphatic carbocycles. The van der Waals surface area contributed by atoms with Gasteiger partial charge in [0.15, 0.2) is 0 Å². The Kier molecular flexibility index (Phi) is 5.43. The zero-order valence-electron chi connectivity index (χ0n) is 11.5. The first-order valence-electron chi connectivity index (χ1n) is 6.64. The molecule has 0 saturated carbocycles. The number of hydrogen-bond donors (Lipinski definition) is 1. The number of halogens is 2. The number of nitrogens with zero attached hydrogens (tertiary/aromatic N) is 1. The third-order valence-electron chi connectivity index (χ3n) is 3.47. The van der Waals surface area contributed by atoms with Crippen LogP contribution in [0.25, 0.3) is 0 Å². The van der Waals surface area contributed by atoms with Crippen LogP contribution in [-0.2, 0) is 4.79 Å². The maximum atomic E-state index is 11.2. The molecule has 0 amide bonds. The van der Waals surface area contributed by atoms with E-state index in [0.717, 1.165) is 5.56 Å². The SMILES string of the molecule is N#CC(c1ccccc1)C(CC(=O)O)c1ccc(Cl)c(Cl)c1. The quantitative estimate of drug-likeness (QED) is 0.849. The van der Waals surface area contributed by atoms with Gasteiger partial charge in [0.2, 0.25) is 0 Å². The van der Waals surface area contributed by atoms with Gasteiger partial charge in [0.1, 0.15) is 0 Å². The lowest BCUT2D eigenvalue weighted by Gasteiger charge is -2.21. The summed E-state index contributed by atoms with van der Waals surface area (Å²) in [5.74, 6) is -2.04. The van der Waals surface area contributed by atoms with Crippen molar-refractivity contribution in [3.63, 3.8) is 0 Å². The van der Waals surface area contributed by atoms with Crippen LogP contribution in [-0.4, -0.2) is 11.1 Å². The lowest BCUT2D eigenvalue weighted by molar-refractivity contribution is -0.137. The van der Waals surface area contributed by atoms with E-state index < -0.39 is 17.8 Å². The Balaban J connectivity index is 2.46. The van der Waals surface area contributed by atoms with Gasteiger partial charge in [-0.2, -0.15) is 5.26 Å². The average Bonchev–Trinajstić information content (AvgIpc) is 2.50. The molecule has 2 atom stereocenters. The van der Waals surface area contributed by atoms with Crippen LogP contribution in [0, 0.1) is 11.3 Å². The van der Waals surface area contributed by atoms with E-state index in [2.05, 4.69) is 6.07 Å². The normalized spacial score (nSPS) is 13.1. The molecule has 0 aromatic heterocycles. The van der Waals surface area contributed by atoms with E-state index in [0.29, 0.717) is 15.6 Å². The Hall–Kier alpha value is -2.02. The Morgan fingerprint density at radius 2 is 1.77 bits per heavy atom. The summed E-state index contributed by atoms with van der Waals surface area (Å²) in [5, 5.41) is 19.5. The summed E-state index contributed by atoms with van der Waals surface area (Å²) in [5.41, 5.74) is 1.47. The first-order chi connectivity index (χ1) is 10.5. The molecule has 0 heterocycles. The van der Waals surface area contributed by atoms with Crippen molar-refractivity contribution in [1.29, 1.82) is 5.26 Å². The molecule has 0 radical (unpaired) electrons. The van der Waals surface area contributed by atoms with E-state index in [9.17, 15) is 15.2 Å². The van der Waals surface area contributed by atoms with Gasteiger partial charge in [-0.25, -0.2) is 0 Å². The summed E-state index contributed by atoms with van der Waals surface area (Å²) < 4.78 is 0. The van der Waals surface area contributed by atoms with Gasteiger partial charge < -0.3 is 5.11 Å². The number of benzene rings is 2. The minimum atomic E-state index is -0.966. The fourth-order valence-electron chi connectivity index (χ4n) is 2.42. The van der Waals surface area contributed by atoms with Crippen LogP contribution >= 0.6 is 23.2 Å². The minimum Gasteiger partial charge on any atom is -0.481 e. The third kappa shape index (κ3) is 3.79. The fourth-order valence-corrected chi connectivity index (χ4v) is 2.72. The Morgan fingerprint density at radius 1 is 1.09 bits per heavy atom. The molecule has 22 heavy (non-hydrogen) atoms. The predicted octanol–water partition coefficient (Wildman–Crippen LogP) is 4.86. The van der Waals surface area contributed by atoms with Gasteiger partial charge in [0.25, 0.3) is 0 Å². The molecule has 2 aromatic carbocycles. The van der Waals surface area contributed by atoms with Crippen LogP contribution in [0.2, 0.25) is 10.0 Å². The molecule has 3 nitrogen and oxygen atoms in total. The van der Waals surface area contributed by atoms with Crippen molar-refractivity contribution in [2.75, 3.05) is 0 Å². The van der Waals surface area contributed by atoms with Gasteiger partial charge in [-0.05, 0) is 23.3 Å². The van der Waals surface area contributed by atoms with E-state index in [1.807, 2.05) is 30.3 Å². The number of carboxylic acids is 1. The maximum absolute atomic E-state index is 11.2. The van der Waals surface area contributed by atoms with Gasteiger partial charge >= 0.3 is 5.97 Å². The van der Waals surface area contributed by atoms with Crippen molar-refractivity contribution >= 4 is 29.2 Å². The second-order valence-electron chi connectivity index (χ2n) is 4.90. The Morgan fingerprint density at radius 3 is 2.32 bits per heavy atom. The number of carbonyl (C=O) groups is 1. The second kappa shape index (κ2) is 7.31. The first-order valence-corrected chi connectivity index (χ1v) is 7.40. The number of rotatable bonds is 5. The molecule has 0 saturated heterocycles. The lowest BCUT2D eigenvalue weighted by Crippen LogP contribution is -2.14. The minimum absolute atomic E-state index is 0.162. The molecule has 0 aliphatic rings. The van der Waals surface area contributed by atoms with Crippen molar-refractivity contribution in [2.24, 2.45) is 0 Å². The van der Waals surface area contributed by atoms with Crippen LogP contribution in [0.15, 0.2) is 48.5 Å². The van der Waals surface area contributed by atoms with E-state index in [4.69, 9.17) is 23.2 Å². The topological polar surface area (TPSA) is 61.1 Å². The van der Waals surface area contributed by atoms with Crippen LogP contribution in [0.1, 0.15) is 29.4 Å². The van der Waals surface area contributed by atoms with Crippen LogP contribution < -0.4 is 0 Å². The van der Waals surface area contributed by atoms with Crippen LogP contribution in [0.4, 0.5) is 0 Å². The highest BCUT2D eigenvalue weighted by Crippen LogP contribution is 2.37. The summed E-state index contributed by atoms with van der Waals surface area (Å²) in [6.45, 7) is 0. The number of nitriles is 1. The van der Waals surface area contributed by atoms with Crippen molar-refractivity contribution in [3.05, 3.63) is 69.7 Å². The highest BCUT2D eigenvalue weighted by atomic mass is 35.5. The van der Waals surface area contributed by atoms with Gasteiger partial charge in [0.05, 0.1) is 28.5 Å². The largest absolute Gasteiger partial charge is 0.481 e. The van der Waals surface area contributed by atoms with Crippen LogP contribution in [0.5, 0.6) is 0 Å². The molecule has 0 aliphatic heterocycles. The highest BCUT2D eigenvalue weighted by Gasteiger charge is 2.27. The lowest BCUT2D eigenvalue weighted by atomic mass is 9.80. The smallest absolute Gasteiger partial charge is 0.304 e. The van der Waals surface area contributed by atoms with Crippen molar-refractivity contribution in [2.45, 2.75) is 18.3 Å². The van der Waals surface area contributed by atoms with Crippen molar-refractivity contribution < 1.29 is 9.90 Å². The predicted molar refractivity (Wildman–Crippen MR) is 86.3 cm³/mol. The third-order valence-corrected chi connectivity index (χ3v) is 4.21. The summed E-state index contributed by atoms with van der Waals surface area (Å²) in [6.07, 6.45) is -0.162. The van der Waals surface area contributed by atoms with Gasteiger partial charge in [-0.3, -0.25) is 4.79 Å². The Labute approximate surface area is 138 Å². The zero-order valence-corrected chi connectivity index (χ0v) is 13.1. The molecular formula is C17H13Cl2NO2. The van der Waals surface area contributed by atoms with E-state index >= 15 is 0 Å². The molecule has 112 valence electrons. The standard InChI is InChI=1S/C17H13Cl2NO2/c18-15-7-6-12(8-16(15)19)13(9-17(21)22)14(10-20)11-4-2-1-3-5-11/h1-8,13-14H,9H2,(H,21,22). The summed E-state index contributed by atoms with van der Waals surface area (Å²) >= 11 is 11.9. The first kappa shape index (κ1) is 16.4. The maximum Gasteiger partial charge on any atom is 0.304 e. The molecule has 0 fully saturated rings. The van der Waals surface area contributed by atoms with Crippen LogP contribution in [0.3, 0.4) is 0 Å². The van der Waals surface area contributed by atoms with Gasteiger partial charge in [0, 0.05) is 5.92 Å². The van der Waals surface area contributed by atoms with E-state index in [1.165, 1.54) is 0 Å². The Bertz CT molecular complexity index is 710. The fraction of sp³-hybridized carbons (Fsp3) is 0.176. The number of carboxylic acid groups (broad SMARTS) is 1. The molecule has 2 unspecified atom stereocenters.